The van der Waals surface area contributed by atoms with Crippen LogP contribution in [0.15, 0.2) is 0 Å². The predicted molar refractivity (Wildman–Crippen MR) is 103 cm³/mol. The highest BCUT2D eigenvalue weighted by molar-refractivity contribution is 7.17. The lowest BCUT2D eigenvalue weighted by atomic mass is 9.77. The molecule has 26 heavy (non-hydrogen) atoms. The van der Waals surface area contributed by atoms with Crippen LogP contribution in [0.5, 0.6) is 0 Å². The van der Waals surface area contributed by atoms with E-state index in [4.69, 9.17) is 0 Å². The molecule has 7 heteroatoms. The zero-order chi connectivity index (χ0) is 18.3. The van der Waals surface area contributed by atoms with Crippen molar-refractivity contribution in [1.29, 1.82) is 0 Å². The summed E-state index contributed by atoms with van der Waals surface area (Å²) in [7, 11) is 1.81. The molecule has 1 aliphatic carbocycles. The van der Waals surface area contributed by atoms with Gasteiger partial charge in [0, 0.05) is 33.2 Å². The van der Waals surface area contributed by atoms with Crippen LogP contribution in [0.25, 0.3) is 0 Å². The lowest BCUT2D eigenvalue weighted by Gasteiger charge is -2.42. The maximum Gasteiger partial charge on any atom is 0.265 e. The summed E-state index contributed by atoms with van der Waals surface area (Å²) in [6, 6.07) is 0. The second kappa shape index (κ2) is 6.83. The van der Waals surface area contributed by atoms with E-state index in [-0.39, 0.29) is 11.3 Å². The Morgan fingerprint density at radius 2 is 2.12 bits per heavy atom. The van der Waals surface area contributed by atoms with Crippen LogP contribution in [0.2, 0.25) is 0 Å². The summed E-state index contributed by atoms with van der Waals surface area (Å²) in [6.07, 6.45) is 6.61. The fourth-order valence-corrected chi connectivity index (χ4v) is 5.47. The number of carbonyl (C=O) groups is 2. The van der Waals surface area contributed by atoms with Gasteiger partial charge in [-0.2, -0.15) is 0 Å². The number of rotatable bonds is 4. The number of hydrogen-bond acceptors (Lipinski definition) is 5. The van der Waals surface area contributed by atoms with E-state index < -0.39 is 0 Å². The molecule has 0 radical (unpaired) electrons. The van der Waals surface area contributed by atoms with Crippen LogP contribution in [0.3, 0.4) is 0 Å². The molecule has 2 aliphatic heterocycles. The van der Waals surface area contributed by atoms with Gasteiger partial charge in [-0.05, 0) is 44.9 Å². The van der Waals surface area contributed by atoms with Crippen LogP contribution in [-0.2, 0) is 4.79 Å². The maximum absolute atomic E-state index is 13.2. The summed E-state index contributed by atoms with van der Waals surface area (Å²) < 4.78 is 0. The van der Waals surface area contributed by atoms with Gasteiger partial charge >= 0.3 is 0 Å². The number of carbonyl (C=O) groups excluding carboxylic acids is 2. The first kappa shape index (κ1) is 17.8. The molecule has 6 nitrogen and oxygen atoms in total. The molecule has 0 bridgehead atoms. The SMILES string of the molecule is CNc1nc(C)c(C(=O)N2CCC3(CCCN(CC4CCC4)C3=O)C2)s1. The van der Waals surface area contributed by atoms with Crippen molar-refractivity contribution >= 4 is 28.3 Å². The Morgan fingerprint density at radius 3 is 2.77 bits per heavy atom. The number of amides is 2. The average molecular weight is 377 g/mol. The van der Waals surface area contributed by atoms with Crippen molar-refractivity contribution in [3.63, 3.8) is 0 Å². The largest absolute Gasteiger partial charge is 0.365 e. The van der Waals surface area contributed by atoms with Crippen LogP contribution in [0.1, 0.15) is 53.9 Å². The first-order valence-corrected chi connectivity index (χ1v) is 10.6. The van der Waals surface area contributed by atoms with Crippen molar-refractivity contribution in [1.82, 2.24) is 14.8 Å². The smallest absolute Gasteiger partial charge is 0.265 e. The van der Waals surface area contributed by atoms with Gasteiger partial charge < -0.3 is 15.1 Å². The summed E-state index contributed by atoms with van der Waals surface area (Å²) in [4.78, 5) is 35.3. The zero-order valence-corrected chi connectivity index (χ0v) is 16.5. The van der Waals surface area contributed by atoms with Crippen molar-refractivity contribution in [3.05, 3.63) is 10.6 Å². The van der Waals surface area contributed by atoms with E-state index in [1.165, 1.54) is 30.6 Å². The van der Waals surface area contributed by atoms with Gasteiger partial charge in [-0.3, -0.25) is 9.59 Å². The minimum atomic E-state index is -0.345. The van der Waals surface area contributed by atoms with Gasteiger partial charge in [-0.1, -0.05) is 17.8 Å². The van der Waals surface area contributed by atoms with Gasteiger partial charge in [0.2, 0.25) is 5.91 Å². The second-order valence-electron chi connectivity index (χ2n) is 8.09. The van der Waals surface area contributed by atoms with Gasteiger partial charge in [-0.25, -0.2) is 4.98 Å². The summed E-state index contributed by atoms with van der Waals surface area (Å²) in [5.41, 5.74) is 0.425. The highest BCUT2D eigenvalue weighted by Crippen LogP contribution is 2.42. The number of likely N-dealkylation sites (tertiary alicyclic amines) is 2. The molecule has 0 aromatic carbocycles. The highest BCUT2D eigenvalue weighted by atomic mass is 32.1. The minimum Gasteiger partial charge on any atom is -0.365 e. The molecule has 3 aliphatic rings. The Labute approximate surface area is 159 Å². The van der Waals surface area contributed by atoms with E-state index in [1.54, 1.807) is 0 Å². The van der Waals surface area contributed by atoms with E-state index >= 15 is 0 Å². The number of thiazole rings is 1. The van der Waals surface area contributed by atoms with Gasteiger partial charge in [0.25, 0.3) is 5.91 Å². The van der Waals surface area contributed by atoms with Crippen molar-refractivity contribution in [2.45, 2.75) is 45.4 Å². The van der Waals surface area contributed by atoms with Crippen molar-refractivity contribution in [2.75, 3.05) is 38.5 Å². The molecule has 4 rings (SSSR count). The topological polar surface area (TPSA) is 65.5 Å². The third kappa shape index (κ3) is 3.00. The number of aryl methyl sites for hydroxylation is 1. The number of nitrogens with one attached hydrogen (secondary N) is 1. The van der Waals surface area contributed by atoms with Crippen LogP contribution >= 0.6 is 11.3 Å². The van der Waals surface area contributed by atoms with E-state index in [1.807, 2.05) is 18.9 Å². The second-order valence-corrected chi connectivity index (χ2v) is 9.09. The van der Waals surface area contributed by atoms with Crippen molar-refractivity contribution in [2.24, 2.45) is 11.3 Å². The molecule has 3 heterocycles. The van der Waals surface area contributed by atoms with Crippen LogP contribution in [0.4, 0.5) is 5.13 Å². The number of piperidine rings is 1. The predicted octanol–water partition coefficient (Wildman–Crippen LogP) is 2.75. The molecule has 1 spiro atoms. The number of aromatic nitrogens is 1. The molecule has 1 saturated carbocycles. The Morgan fingerprint density at radius 1 is 1.31 bits per heavy atom. The van der Waals surface area contributed by atoms with E-state index in [0.717, 1.165) is 43.2 Å². The Kier molecular flexibility index (Phi) is 4.67. The molecule has 3 fully saturated rings. The minimum absolute atomic E-state index is 0.0299. The quantitative estimate of drug-likeness (QED) is 0.877. The van der Waals surface area contributed by atoms with E-state index in [9.17, 15) is 9.59 Å². The first-order chi connectivity index (χ1) is 12.5. The third-order valence-electron chi connectivity index (χ3n) is 6.37. The first-order valence-electron chi connectivity index (χ1n) is 9.76. The third-order valence-corrected chi connectivity index (χ3v) is 7.54. The molecule has 1 N–H and O–H groups in total. The Bertz CT molecular complexity index is 714. The van der Waals surface area contributed by atoms with Crippen molar-refractivity contribution < 1.29 is 9.59 Å². The van der Waals surface area contributed by atoms with E-state index in [0.29, 0.717) is 29.8 Å². The van der Waals surface area contributed by atoms with Crippen molar-refractivity contribution in [3.8, 4) is 0 Å². The Hall–Kier alpha value is -1.63. The number of anilines is 1. The lowest BCUT2D eigenvalue weighted by molar-refractivity contribution is -0.146. The molecule has 1 unspecified atom stereocenters. The van der Waals surface area contributed by atoms with Gasteiger partial charge in [0.1, 0.15) is 4.88 Å². The molecule has 2 saturated heterocycles. The van der Waals surface area contributed by atoms with Gasteiger partial charge in [0.05, 0.1) is 11.1 Å². The molecule has 1 aromatic rings. The van der Waals surface area contributed by atoms with Gasteiger partial charge in [-0.15, -0.1) is 0 Å². The summed E-state index contributed by atoms with van der Waals surface area (Å²) in [5, 5.41) is 3.77. The fraction of sp³-hybridized carbons (Fsp3) is 0.737. The molecule has 1 aromatic heterocycles. The standard InChI is InChI=1S/C19H28N4O2S/c1-13-15(26-18(20-2)21-13)16(24)23-10-8-19(12-23)7-4-9-22(17(19)25)11-14-5-3-6-14/h14H,3-12H2,1-2H3,(H,20,21). The normalized spacial score (nSPS) is 26.5. The number of nitrogens with zero attached hydrogens (tertiary/aromatic N) is 3. The lowest BCUT2D eigenvalue weighted by Crippen LogP contribution is -2.52. The molecular weight excluding hydrogens is 348 g/mol. The fourth-order valence-electron chi connectivity index (χ4n) is 4.58. The molecule has 142 valence electrons. The van der Waals surface area contributed by atoms with Crippen LogP contribution < -0.4 is 5.32 Å². The van der Waals surface area contributed by atoms with E-state index in [2.05, 4.69) is 15.2 Å². The summed E-state index contributed by atoms with van der Waals surface area (Å²) >= 11 is 1.40. The summed E-state index contributed by atoms with van der Waals surface area (Å²) in [5.74, 6) is 1.03. The number of hydrogen-bond donors (Lipinski definition) is 1. The molecule has 2 amide bonds. The highest BCUT2D eigenvalue weighted by Gasteiger charge is 2.50. The Balaban J connectivity index is 1.46. The molecule has 1 atom stereocenters. The van der Waals surface area contributed by atoms with Gasteiger partial charge in [0.15, 0.2) is 5.13 Å². The van der Waals surface area contributed by atoms with Crippen LogP contribution in [-0.4, -0.2) is 59.8 Å². The summed E-state index contributed by atoms with van der Waals surface area (Å²) in [6.45, 7) is 4.94. The molecular formula is C19H28N4O2S. The maximum atomic E-state index is 13.2. The monoisotopic (exact) mass is 376 g/mol. The van der Waals surface area contributed by atoms with Crippen LogP contribution in [0, 0.1) is 18.3 Å². The average Bonchev–Trinajstić information content (AvgIpc) is 3.19. The zero-order valence-electron chi connectivity index (χ0n) is 15.7.